The smallest absolute Gasteiger partial charge is 0.241 e. The zero-order valence-electron chi connectivity index (χ0n) is 15.4. The highest BCUT2D eigenvalue weighted by Crippen LogP contribution is 2.28. The van der Waals surface area contributed by atoms with Gasteiger partial charge in [0.1, 0.15) is 0 Å². The van der Waals surface area contributed by atoms with E-state index < -0.39 is 19.9 Å². The van der Waals surface area contributed by atoms with Gasteiger partial charge in [0.2, 0.25) is 19.9 Å². The largest absolute Gasteiger partial charge is 0.317 e. The molecule has 0 radical (unpaired) electrons. The molecule has 1 aliphatic heterocycles. The van der Waals surface area contributed by atoms with Gasteiger partial charge in [-0.15, -0.1) is 0 Å². The Labute approximate surface area is 161 Å². The molecule has 2 aromatic carbocycles. The lowest BCUT2D eigenvalue weighted by Crippen LogP contribution is -2.42. The molecule has 27 heavy (non-hydrogen) atoms. The third-order valence-corrected chi connectivity index (χ3v) is 8.30. The van der Waals surface area contributed by atoms with Gasteiger partial charge in [0, 0.05) is 6.04 Å². The van der Waals surface area contributed by atoms with Gasteiger partial charge in [-0.25, -0.2) is 21.6 Å². The number of hydrogen-bond donors (Lipinski definition) is 2. The molecular weight excluding hydrogens is 384 g/mol. The van der Waals surface area contributed by atoms with E-state index in [-0.39, 0.29) is 20.7 Å². The molecule has 0 aliphatic carbocycles. The SMILES string of the molecule is Cc1cc(S(=O)(=O)c2ccccc2)cc(S(=O)(=O)NC2CCNCC2)c1C. The van der Waals surface area contributed by atoms with Gasteiger partial charge in [0.15, 0.2) is 0 Å². The van der Waals surface area contributed by atoms with Gasteiger partial charge in [-0.05, 0) is 75.2 Å². The molecule has 0 spiro atoms. The van der Waals surface area contributed by atoms with Gasteiger partial charge in [-0.1, -0.05) is 18.2 Å². The summed E-state index contributed by atoms with van der Waals surface area (Å²) in [4.78, 5) is 0.154. The number of sulfonamides is 1. The Kier molecular flexibility index (Phi) is 5.71. The molecule has 1 fully saturated rings. The second-order valence-electron chi connectivity index (χ2n) is 6.83. The van der Waals surface area contributed by atoms with Crippen LogP contribution >= 0.6 is 0 Å². The number of rotatable bonds is 5. The molecule has 0 saturated carbocycles. The highest BCUT2D eigenvalue weighted by atomic mass is 32.2. The zero-order valence-corrected chi connectivity index (χ0v) is 17.0. The molecule has 1 aliphatic rings. The van der Waals surface area contributed by atoms with Crippen LogP contribution in [0.15, 0.2) is 57.2 Å². The monoisotopic (exact) mass is 408 g/mol. The van der Waals surface area contributed by atoms with E-state index in [9.17, 15) is 16.8 Å². The van der Waals surface area contributed by atoms with Crippen molar-refractivity contribution >= 4 is 19.9 Å². The number of piperidine rings is 1. The topological polar surface area (TPSA) is 92.3 Å². The van der Waals surface area contributed by atoms with Crippen molar-refractivity contribution in [2.24, 2.45) is 0 Å². The van der Waals surface area contributed by atoms with Gasteiger partial charge >= 0.3 is 0 Å². The lowest BCUT2D eigenvalue weighted by Gasteiger charge is -2.24. The summed E-state index contributed by atoms with van der Waals surface area (Å²) in [6.45, 7) is 4.94. The molecule has 0 unspecified atom stereocenters. The minimum Gasteiger partial charge on any atom is -0.317 e. The molecule has 0 bridgehead atoms. The normalized spacial score (nSPS) is 16.4. The summed E-state index contributed by atoms with van der Waals surface area (Å²) >= 11 is 0. The standard InChI is InChI=1S/C19H24N2O4S2/c1-14-12-18(26(22,23)17-6-4-3-5-7-17)13-19(15(14)2)27(24,25)21-16-8-10-20-11-9-16/h3-7,12-13,16,20-21H,8-11H2,1-2H3. The Morgan fingerprint density at radius 2 is 1.56 bits per heavy atom. The number of nitrogens with one attached hydrogen (secondary N) is 2. The van der Waals surface area contributed by atoms with Crippen LogP contribution in [-0.2, 0) is 19.9 Å². The maximum absolute atomic E-state index is 13.0. The molecule has 1 saturated heterocycles. The van der Waals surface area contributed by atoms with Crippen LogP contribution < -0.4 is 10.0 Å². The van der Waals surface area contributed by atoms with E-state index >= 15 is 0 Å². The Hall–Kier alpha value is -1.74. The molecule has 1 heterocycles. The van der Waals surface area contributed by atoms with Crippen molar-refractivity contribution in [3.8, 4) is 0 Å². The van der Waals surface area contributed by atoms with Crippen LogP contribution in [0.25, 0.3) is 0 Å². The van der Waals surface area contributed by atoms with Crippen LogP contribution in [0.1, 0.15) is 24.0 Å². The van der Waals surface area contributed by atoms with E-state index in [2.05, 4.69) is 10.0 Å². The third-order valence-electron chi connectivity index (χ3n) is 4.91. The average Bonchev–Trinajstić information content (AvgIpc) is 2.64. The third kappa shape index (κ3) is 4.24. The fraction of sp³-hybridized carbons (Fsp3) is 0.368. The van der Waals surface area contributed by atoms with Crippen LogP contribution in [0.2, 0.25) is 0 Å². The van der Waals surface area contributed by atoms with Crippen LogP contribution in [-0.4, -0.2) is 36.0 Å². The van der Waals surface area contributed by atoms with Gasteiger partial charge < -0.3 is 5.32 Å². The van der Waals surface area contributed by atoms with E-state index in [1.165, 1.54) is 24.3 Å². The highest BCUT2D eigenvalue weighted by Gasteiger charge is 2.27. The van der Waals surface area contributed by atoms with E-state index in [1.54, 1.807) is 32.0 Å². The summed E-state index contributed by atoms with van der Waals surface area (Å²) in [7, 11) is -7.62. The molecule has 0 aromatic heterocycles. The van der Waals surface area contributed by atoms with Crippen molar-refractivity contribution in [1.82, 2.24) is 10.0 Å². The molecule has 8 heteroatoms. The van der Waals surface area contributed by atoms with Crippen molar-refractivity contribution in [3.05, 3.63) is 53.6 Å². The van der Waals surface area contributed by atoms with Crippen LogP contribution in [0.3, 0.4) is 0 Å². The van der Waals surface area contributed by atoms with Gasteiger partial charge in [-0.3, -0.25) is 0 Å². The Morgan fingerprint density at radius 1 is 0.926 bits per heavy atom. The predicted octanol–water partition coefficient (Wildman–Crippen LogP) is 2.17. The minimum atomic E-state index is -3.82. The maximum Gasteiger partial charge on any atom is 0.241 e. The van der Waals surface area contributed by atoms with Crippen LogP contribution in [0, 0.1) is 13.8 Å². The average molecular weight is 409 g/mol. The summed E-state index contributed by atoms with van der Waals surface area (Å²) < 4.78 is 54.5. The second kappa shape index (κ2) is 7.71. The zero-order chi connectivity index (χ0) is 19.7. The van der Waals surface area contributed by atoms with Gasteiger partial charge in [-0.2, -0.15) is 0 Å². The summed E-state index contributed by atoms with van der Waals surface area (Å²) in [6, 6.07) is 10.7. The molecule has 2 aromatic rings. The maximum atomic E-state index is 13.0. The highest BCUT2D eigenvalue weighted by molar-refractivity contribution is 7.91. The van der Waals surface area contributed by atoms with Gasteiger partial charge in [0.05, 0.1) is 14.7 Å². The molecule has 2 N–H and O–H groups in total. The lowest BCUT2D eigenvalue weighted by atomic mass is 10.1. The first kappa shape index (κ1) is 20.0. The molecule has 0 amide bonds. The number of aryl methyl sites for hydroxylation is 1. The lowest BCUT2D eigenvalue weighted by molar-refractivity contribution is 0.427. The van der Waals surface area contributed by atoms with Crippen molar-refractivity contribution in [2.75, 3.05) is 13.1 Å². The van der Waals surface area contributed by atoms with Crippen molar-refractivity contribution in [3.63, 3.8) is 0 Å². The predicted molar refractivity (Wildman–Crippen MR) is 104 cm³/mol. The van der Waals surface area contributed by atoms with Crippen molar-refractivity contribution < 1.29 is 16.8 Å². The first-order valence-corrected chi connectivity index (χ1v) is 11.8. The minimum absolute atomic E-state index is 0.0116. The van der Waals surface area contributed by atoms with Crippen LogP contribution in [0.4, 0.5) is 0 Å². The molecule has 6 nitrogen and oxygen atoms in total. The summed E-state index contributed by atoms with van der Waals surface area (Å²) in [6.07, 6.45) is 1.42. The van der Waals surface area contributed by atoms with E-state index in [4.69, 9.17) is 0 Å². The van der Waals surface area contributed by atoms with E-state index in [0.29, 0.717) is 24.0 Å². The number of sulfone groups is 1. The molecule has 0 atom stereocenters. The van der Waals surface area contributed by atoms with E-state index in [0.717, 1.165) is 13.1 Å². The first-order chi connectivity index (χ1) is 12.7. The van der Waals surface area contributed by atoms with Crippen molar-refractivity contribution in [1.29, 1.82) is 0 Å². The summed E-state index contributed by atoms with van der Waals surface area (Å²) in [5, 5.41) is 3.19. The Balaban J connectivity index is 2.04. The number of hydrogen-bond acceptors (Lipinski definition) is 5. The first-order valence-electron chi connectivity index (χ1n) is 8.86. The second-order valence-corrected chi connectivity index (χ2v) is 10.5. The molecular formula is C19H24N2O4S2. The summed E-state index contributed by atoms with van der Waals surface area (Å²) in [5.74, 6) is 0. The fourth-order valence-corrected chi connectivity index (χ4v) is 6.30. The quantitative estimate of drug-likeness (QED) is 0.791. The molecule has 146 valence electrons. The fourth-order valence-electron chi connectivity index (χ4n) is 3.19. The summed E-state index contributed by atoms with van der Waals surface area (Å²) in [5.41, 5.74) is 1.18. The molecule has 3 rings (SSSR count). The van der Waals surface area contributed by atoms with Crippen LogP contribution in [0.5, 0.6) is 0 Å². The Bertz CT molecular complexity index is 1030. The Morgan fingerprint density at radius 3 is 2.19 bits per heavy atom. The van der Waals surface area contributed by atoms with Gasteiger partial charge in [0.25, 0.3) is 0 Å². The van der Waals surface area contributed by atoms with E-state index in [1.807, 2.05) is 0 Å². The number of benzene rings is 2. The van der Waals surface area contributed by atoms with Crippen molar-refractivity contribution in [2.45, 2.75) is 47.4 Å².